The zero-order chi connectivity index (χ0) is 20.1. The van der Waals surface area contributed by atoms with Crippen molar-refractivity contribution in [2.24, 2.45) is 5.92 Å². The lowest BCUT2D eigenvalue weighted by Gasteiger charge is -2.07. The van der Waals surface area contributed by atoms with Crippen LogP contribution in [0.15, 0.2) is 61.1 Å². The fraction of sp³-hybridized carbons (Fsp3) is 0.130. The smallest absolute Gasteiger partial charge is 0.227 e. The third kappa shape index (κ3) is 2.91. The molecule has 6 rings (SSSR count). The number of rotatable bonds is 4. The van der Waals surface area contributed by atoms with Crippen LogP contribution in [0.25, 0.3) is 44.5 Å². The highest BCUT2D eigenvalue weighted by Crippen LogP contribution is 2.33. The Labute approximate surface area is 171 Å². The van der Waals surface area contributed by atoms with Crippen LogP contribution in [-0.2, 0) is 4.79 Å². The Balaban J connectivity index is 1.40. The molecule has 146 valence electrons. The van der Waals surface area contributed by atoms with Crippen molar-refractivity contribution < 1.29 is 4.79 Å². The van der Waals surface area contributed by atoms with Gasteiger partial charge in [0.25, 0.3) is 0 Å². The number of anilines is 1. The van der Waals surface area contributed by atoms with E-state index in [1.54, 1.807) is 18.6 Å². The monoisotopic (exact) mass is 394 g/mol. The first kappa shape index (κ1) is 16.9. The van der Waals surface area contributed by atoms with Gasteiger partial charge in [0.1, 0.15) is 11.3 Å². The second-order valence-electron chi connectivity index (χ2n) is 7.68. The molecule has 4 aromatic heterocycles. The number of nitrogens with one attached hydrogen (secondary N) is 3. The van der Waals surface area contributed by atoms with E-state index < -0.39 is 0 Å². The lowest BCUT2D eigenvalue weighted by molar-refractivity contribution is -0.117. The van der Waals surface area contributed by atoms with Gasteiger partial charge in [0, 0.05) is 34.6 Å². The number of aromatic nitrogens is 5. The predicted molar refractivity (Wildman–Crippen MR) is 116 cm³/mol. The van der Waals surface area contributed by atoms with Crippen molar-refractivity contribution in [2.75, 3.05) is 5.32 Å². The quantitative estimate of drug-likeness (QED) is 0.417. The fourth-order valence-corrected chi connectivity index (χ4v) is 3.74. The summed E-state index contributed by atoms with van der Waals surface area (Å²) in [5.41, 5.74) is 6.21. The lowest BCUT2D eigenvalue weighted by Crippen LogP contribution is -2.13. The Kier molecular flexibility index (Phi) is 3.67. The number of carbonyl (C=O) groups excluding carboxylic acids is 1. The molecule has 4 heterocycles. The van der Waals surface area contributed by atoms with Crippen molar-refractivity contribution in [1.82, 2.24) is 25.1 Å². The van der Waals surface area contributed by atoms with E-state index in [0.717, 1.165) is 63.0 Å². The Morgan fingerprint density at radius 3 is 2.87 bits per heavy atom. The molecule has 1 fully saturated rings. The first-order chi connectivity index (χ1) is 14.7. The van der Waals surface area contributed by atoms with Crippen LogP contribution in [0, 0.1) is 5.92 Å². The number of amides is 1. The highest BCUT2D eigenvalue weighted by atomic mass is 16.2. The zero-order valence-electron chi connectivity index (χ0n) is 16.0. The first-order valence-corrected chi connectivity index (χ1v) is 9.93. The molecule has 0 bridgehead atoms. The van der Waals surface area contributed by atoms with Crippen LogP contribution in [0.5, 0.6) is 0 Å². The summed E-state index contributed by atoms with van der Waals surface area (Å²) in [7, 11) is 0. The molecule has 0 aliphatic heterocycles. The fourth-order valence-electron chi connectivity index (χ4n) is 3.74. The van der Waals surface area contributed by atoms with E-state index in [1.807, 2.05) is 30.3 Å². The molecule has 0 unspecified atom stereocenters. The Morgan fingerprint density at radius 2 is 2.00 bits per heavy atom. The number of aromatic amines is 2. The molecule has 7 heteroatoms. The van der Waals surface area contributed by atoms with Gasteiger partial charge in [0.2, 0.25) is 5.91 Å². The van der Waals surface area contributed by atoms with Crippen LogP contribution >= 0.6 is 0 Å². The number of benzene rings is 1. The Bertz CT molecular complexity index is 1380. The molecular weight excluding hydrogens is 376 g/mol. The Hall–Kier alpha value is -4.00. The molecule has 1 aliphatic rings. The number of hydrogen-bond acceptors (Lipinski definition) is 4. The average molecular weight is 394 g/mol. The van der Waals surface area contributed by atoms with E-state index in [0.29, 0.717) is 0 Å². The largest absolute Gasteiger partial charge is 0.338 e. The Morgan fingerprint density at radius 1 is 1.07 bits per heavy atom. The normalized spacial score (nSPS) is 13.7. The van der Waals surface area contributed by atoms with Gasteiger partial charge in [-0.15, -0.1) is 0 Å². The van der Waals surface area contributed by atoms with E-state index in [4.69, 9.17) is 0 Å². The van der Waals surface area contributed by atoms with Gasteiger partial charge in [-0.05, 0) is 54.8 Å². The van der Waals surface area contributed by atoms with Gasteiger partial charge in [-0.1, -0.05) is 6.07 Å². The summed E-state index contributed by atoms with van der Waals surface area (Å²) in [6, 6.07) is 14.1. The van der Waals surface area contributed by atoms with E-state index >= 15 is 0 Å². The molecule has 1 amide bonds. The molecule has 1 aromatic carbocycles. The standard InChI is InChI=1S/C23H18N6O/c30-23(13-3-4-13)26-17-8-16(11-24-12-17)14-5-6-19-18(9-14)21(29-28-19)20-10-15-2-1-7-25-22(15)27-20/h1-2,5-13H,3-4H2,(H,25,27)(H,26,30)(H,28,29). The van der Waals surface area contributed by atoms with Gasteiger partial charge in [0.15, 0.2) is 0 Å². The molecule has 0 radical (unpaired) electrons. The number of fused-ring (bicyclic) bond motifs is 2. The van der Waals surface area contributed by atoms with E-state index in [-0.39, 0.29) is 11.8 Å². The van der Waals surface area contributed by atoms with Gasteiger partial charge in [-0.3, -0.25) is 14.9 Å². The topological polar surface area (TPSA) is 99.3 Å². The van der Waals surface area contributed by atoms with Crippen molar-refractivity contribution >= 4 is 33.5 Å². The van der Waals surface area contributed by atoms with Crippen LogP contribution in [0.3, 0.4) is 0 Å². The van der Waals surface area contributed by atoms with Crippen LogP contribution in [0.1, 0.15) is 12.8 Å². The highest BCUT2D eigenvalue weighted by Gasteiger charge is 2.29. The molecule has 7 nitrogen and oxygen atoms in total. The van der Waals surface area contributed by atoms with Crippen molar-refractivity contribution in [3.63, 3.8) is 0 Å². The summed E-state index contributed by atoms with van der Waals surface area (Å²) in [6.45, 7) is 0. The molecule has 0 saturated heterocycles. The summed E-state index contributed by atoms with van der Waals surface area (Å²) in [5.74, 6) is 0.234. The highest BCUT2D eigenvalue weighted by molar-refractivity contribution is 5.98. The number of hydrogen-bond donors (Lipinski definition) is 3. The molecule has 1 saturated carbocycles. The lowest BCUT2D eigenvalue weighted by atomic mass is 10.0. The predicted octanol–water partition coefficient (Wildman–Crippen LogP) is 4.52. The van der Waals surface area contributed by atoms with Crippen molar-refractivity contribution in [3.8, 4) is 22.5 Å². The number of nitrogens with zero attached hydrogens (tertiary/aromatic N) is 3. The van der Waals surface area contributed by atoms with Crippen LogP contribution in [0.4, 0.5) is 5.69 Å². The molecule has 30 heavy (non-hydrogen) atoms. The maximum atomic E-state index is 12.1. The maximum absolute atomic E-state index is 12.1. The SMILES string of the molecule is O=C(Nc1cncc(-c2ccc3[nH]nc(-c4cc5cccnc5[nH]4)c3c2)c1)C1CC1. The number of pyridine rings is 2. The average Bonchev–Trinajstić information content (AvgIpc) is 3.40. The third-order valence-electron chi connectivity index (χ3n) is 5.50. The first-order valence-electron chi connectivity index (χ1n) is 9.93. The summed E-state index contributed by atoms with van der Waals surface area (Å²) in [4.78, 5) is 24.1. The van der Waals surface area contributed by atoms with Crippen LogP contribution < -0.4 is 5.32 Å². The van der Waals surface area contributed by atoms with E-state index in [1.165, 1.54) is 0 Å². The van der Waals surface area contributed by atoms with Crippen molar-refractivity contribution in [3.05, 3.63) is 61.1 Å². The summed E-state index contributed by atoms with van der Waals surface area (Å²) >= 11 is 0. The second kappa shape index (κ2) is 6.52. The van der Waals surface area contributed by atoms with Gasteiger partial charge in [-0.2, -0.15) is 5.10 Å². The van der Waals surface area contributed by atoms with Gasteiger partial charge in [0.05, 0.1) is 23.1 Å². The molecule has 1 aliphatic carbocycles. The molecular formula is C23H18N6O. The van der Waals surface area contributed by atoms with Gasteiger partial charge >= 0.3 is 0 Å². The molecule has 0 spiro atoms. The maximum Gasteiger partial charge on any atom is 0.227 e. The van der Waals surface area contributed by atoms with E-state index in [2.05, 4.69) is 42.6 Å². The summed E-state index contributed by atoms with van der Waals surface area (Å²) in [5, 5.41) is 12.6. The third-order valence-corrected chi connectivity index (χ3v) is 5.50. The minimum atomic E-state index is 0.0777. The molecule has 3 N–H and O–H groups in total. The summed E-state index contributed by atoms with van der Waals surface area (Å²) in [6.07, 6.45) is 7.21. The minimum Gasteiger partial charge on any atom is -0.338 e. The van der Waals surface area contributed by atoms with Crippen LogP contribution in [0.2, 0.25) is 0 Å². The molecule has 0 atom stereocenters. The number of carbonyl (C=O) groups is 1. The van der Waals surface area contributed by atoms with Crippen molar-refractivity contribution in [2.45, 2.75) is 12.8 Å². The van der Waals surface area contributed by atoms with Gasteiger partial charge < -0.3 is 10.3 Å². The zero-order valence-corrected chi connectivity index (χ0v) is 16.0. The second-order valence-corrected chi connectivity index (χ2v) is 7.68. The van der Waals surface area contributed by atoms with E-state index in [9.17, 15) is 4.79 Å². The van der Waals surface area contributed by atoms with Crippen molar-refractivity contribution in [1.29, 1.82) is 0 Å². The minimum absolute atomic E-state index is 0.0777. The molecule has 5 aromatic rings. The van der Waals surface area contributed by atoms with Crippen LogP contribution in [-0.4, -0.2) is 31.1 Å². The summed E-state index contributed by atoms with van der Waals surface area (Å²) < 4.78 is 0. The number of H-pyrrole nitrogens is 2. The van der Waals surface area contributed by atoms with Gasteiger partial charge in [-0.25, -0.2) is 4.98 Å².